The van der Waals surface area contributed by atoms with Gasteiger partial charge in [0.2, 0.25) is 5.91 Å². The lowest BCUT2D eigenvalue weighted by molar-refractivity contribution is -0.114. The van der Waals surface area contributed by atoms with Crippen molar-refractivity contribution in [1.82, 2.24) is 5.32 Å². The number of carbonyl (C=O) groups excluding carboxylic acids is 2. The molecule has 0 saturated heterocycles. The highest BCUT2D eigenvalue weighted by atomic mass is 35.5. The number of anilines is 2. The van der Waals surface area contributed by atoms with Crippen molar-refractivity contribution in [3.63, 3.8) is 0 Å². The molecule has 2 aromatic rings. The second-order valence-electron chi connectivity index (χ2n) is 4.85. The van der Waals surface area contributed by atoms with Crippen LogP contribution in [-0.2, 0) is 4.79 Å². The van der Waals surface area contributed by atoms with Crippen LogP contribution < -0.4 is 16.0 Å². The van der Waals surface area contributed by atoms with Crippen LogP contribution in [0.25, 0.3) is 0 Å². The van der Waals surface area contributed by atoms with E-state index >= 15 is 0 Å². The van der Waals surface area contributed by atoms with Gasteiger partial charge in [-0.05, 0) is 55.5 Å². The average Bonchev–Trinajstić information content (AvgIpc) is 2.56. The first-order valence-corrected chi connectivity index (χ1v) is 7.64. The number of halogens is 1. The van der Waals surface area contributed by atoms with Gasteiger partial charge in [0.05, 0.1) is 6.54 Å². The quantitative estimate of drug-likeness (QED) is 0.761. The van der Waals surface area contributed by atoms with Gasteiger partial charge in [-0.2, -0.15) is 0 Å². The van der Waals surface area contributed by atoms with Crippen molar-refractivity contribution < 1.29 is 9.59 Å². The summed E-state index contributed by atoms with van der Waals surface area (Å²) >= 11 is 5.79. The minimum absolute atomic E-state index is 0.112. The molecule has 6 heteroatoms. The Balaban J connectivity index is 1.84. The zero-order chi connectivity index (χ0) is 16.7. The summed E-state index contributed by atoms with van der Waals surface area (Å²) in [5.41, 5.74) is 2.04. The maximum Gasteiger partial charge on any atom is 0.251 e. The van der Waals surface area contributed by atoms with Crippen LogP contribution in [0.15, 0.2) is 48.5 Å². The van der Waals surface area contributed by atoms with Crippen molar-refractivity contribution in [3.05, 3.63) is 59.1 Å². The Bertz CT molecular complexity index is 669. The summed E-state index contributed by atoms with van der Waals surface area (Å²) in [6, 6.07) is 13.9. The second kappa shape index (κ2) is 8.19. The van der Waals surface area contributed by atoms with E-state index in [-0.39, 0.29) is 18.4 Å². The molecule has 5 nitrogen and oxygen atoms in total. The third-order valence-corrected chi connectivity index (χ3v) is 3.32. The van der Waals surface area contributed by atoms with Gasteiger partial charge < -0.3 is 16.0 Å². The molecule has 23 heavy (non-hydrogen) atoms. The lowest BCUT2D eigenvalue weighted by Crippen LogP contribution is -2.23. The minimum Gasteiger partial charge on any atom is -0.376 e. The average molecular weight is 332 g/mol. The number of rotatable bonds is 6. The van der Waals surface area contributed by atoms with Gasteiger partial charge in [-0.15, -0.1) is 0 Å². The minimum atomic E-state index is -0.167. The van der Waals surface area contributed by atoms with Crippen LogP contribution in [-0.4, -0.2) is 24.9 Å². The summed E-state index contributed by atoms with van der Waals surface area (Å²) in [6.07, 6.45) is 0. The molecule has 2 rings (SSSR count). The lowest BCUT2D eigenvalue weighted by atomic mass is 10.2. The Hall–Kier alpha value is -2.53. The molecule has 0 fully saturated rings. The maximum atomic E-state index is 11.9. The van der Waals surface area contributed by atoms with E-state index in [1.165, 1.54) is 0 Å². The van der Waals surface area contributed by atoms with E-state index in [0.29, 0.717) is 22.8 Å². The van der Waals surface area contributed by atoms with E-state index in [9.17, 15) is 9.59 Å². The van der Waals surface area contributed by atoms with Crippen molar-refractivity contribution in [3.8, 4) is 0 Å². The first-order valence-electron chi connectivity index (χ1n) is 7.26. The normalized spacial score (nSPS) is 10.0. The third kappa shape index (κ3) is 5.30. The fraction of sp³-hybridized carbons (Fsp3) is 0.176. The molecule has 0 saturated carbocycles. The molecule has 0 aliphatic heterocycles. The molecule has 0 aliphatic rings. The largest absolute Gasteiger partial charge is 0.376 e. The summed E-state index contributed by atoms with van der Waals surface area (Å²) in [7, 11) is 0. The number of amides is 2. The first-order chi connectivity index (χ1) is 11.1. The summed E-state index contributed by atoms with van der Waals surface area (Å²) in [5, 5.41) is 9.11. The molecule has 0 unspecified atom stereocenters. The number of hydrogen-bond acceptors (Lipinski definition) is 3. The van der Waals surface area contributed by atoms with Crippen LogP contribution in [0.1, 0.15) is 17.3 Å². The molecule has 0 bridgehead atoms. The molecular weight excluding hydrogens is 314 g/mol. The van der Waals surface area contributed by atoms with Crippen molar-refractivity contribution in [2.24, 2.45) is 0 Å². The molecule has 2 amide bonds. The molecule has 0 radical (unpaired) electrons. The molecule has 0 atom stereocenters. The lowest BCUT2D eigenvalue weighted by Gasteiger charge is -2.09. The zero-order valence-electron chi connectivity index (χ0n) is 12.7. The van der Waals surface area contributed by atoms with E-state index in [2.05, 4.69) is 16.0 Å². The van der Waals surface area contributed by atoms with Gasteiger partial charge in [0.15, 0.2) is 0 Å². The highest BCUT2D eigenvalue weighted by molar-refractivity contribution is 6.30. The summed E-state index contributed by atoms with van der Waals surface area (Å²) in [4.78, 5) is 23.5. The Morgan fingerprint density at radius 3 is 2.17 bits per heavy atom. The first kappa shape index (κ1) is 16.8. The number of hydrogen-bond donors (Lipinski definition) is 3. The molecule has 0 aliphatic carbocycles. The van der Waals surface area contributed by atoms with Crippen molar-refractivity contribution >= 4 is 34.8 Å². The topological polar surface area (TPSA) is 70.2 Å². The molecule has 0 heterocycles. The predicted molar refractivity (Wildman–Crippen MR) is 93.0 cm³/mol. The molecule has 0 aromatic heterocycles. The molecule has 3 N–H and O–H groups in total. The van der Waals surface area contributed by atoms with E-state index in [1.54, 1.807) is 48.5 Å². The Morgan fingerprint density at radius 1 is 0.957 bits per heavy atom. The zero-order valence-corrected chi connectivity index (χ0v) is 13.5. The van der Waals surface area contributed by atoms with E-state index in [4.69, 9.17) is 11.6 Å². The second-order valence-corrected chi connectivity index (χ2v) is 5.28. The van der Waals surface area contributed by atoms with Crippen LogP contribution in [0.5, 0.6) is 0 Å². The molecule has 120 valence electrons. The highest BCUT2D eigenvalue weighted by Crippen LogP contribution is 2.13. The van der Waals surface area contributed by atoms with E-state index in [0.717, 1.165) is 5.69 Å². The Labute approximate surface area is 140 Å². The van der Waals surface area contributed by atoms with E-state index in [1.807, 2.05) is 6.92 Å². The van der Waals surface area contributed by atoms with Gasteiger partial charge in [0.1, 0.15) is 0 Å². The Morgan fingerprint density at radius 2 is 1.57 bits per heavy atom. The maximum absolute atomic E-state index is 11.9. The van der Waals surface area contributed by atoms with Crippen LogP contribution in [0, 0.1) is 0 Å². The van der Waals surface area contributed by atoms with Crippen molar-refractivity contribution in [1.29, 1.82) is 0 Å². The van der Waals surface area contributed by atoms with Gasteiger partial charge in [-0.3, -0.25) is 9.59 Å². The molecule has 2 aromatic carbocycles. The summed E-state index contributed by atoms with van der Waals surface area (Å²) < 4.78 is 0. The fourth-order valence-electron chi connectivity index (χ4n) is 1.92. The smallest absolute Gasteiger partial charge is 0.251 e. The van der Waals surface area contributed by atoms with Crippen LogP contribution in [0.2, 0.25) is 5.02 Å². The van der Waals surface area contributed by atoms with Gasteiger partial charge in [0, 0.05) is 28.5 Å². The van der Waals surface area contributed by atoms with Crippen molar-refractivity contribution in [2.45, 2.75) is 6.92 Å². The fourth-order valence-corrected chi connectivity index (χ4v) is 2.05. The predicted octanol–water partition coefficient (Wildman–Crippen LogP) is 3.14. The number of benzene rings is 2. The monoisotopic (exact) mass is 331 g/mol. The highest BCUT2D eigenvalue weighted by Gasteiger charge is 2.05. The van der Waals surface area contributed by atoms with Gasteiger partial charge in [0.25, 0.3) is 5.91 Å². The third-order valence-electron chi connectivity index (χ3n) is 3.07. The van der Waals surface area contributed by atoms with Gasteiger partial charge in [-0.1, -0.05) is 11.6 Å². The van der Waals surface area contributed by atoms with Gasteiger partial charge in [-0.25, -0.2) is 0 Å². The molecular formula is C17H18ClN3O2. The van der Waals surface area contributed by atoms with Crippen LogP contribution in [0.4, 0.5) is 11.4 Å². The standard InChI is InChI=1S/C17H18ClN3O2/c1-2-19-17(23)12-3-7-14(8-4-12)20-11-16(22)21-15-9-5-13(18)6-10-15/h3-10,20H,2,11H2,1H3,(H,19,23)(H,21,22). The van der Waals surface area contributed by atoms with Gasteiger partial charge >= 0.3 is 0 Å². The van der Waals surface area contributed by atoms with Crippen molar-refractivity contribution in [2.75, 3.05) is 23.7 Å². The van der Waals surface area contributed by atoms with Crippen LogP contribution in [0.3, 0.4) is 0 Å². The molecule has 0 spiro atoms. The summed E-state index contributed by atoms with van der Waals surface area (Å²) in [5.74, 6) is -0.278. The SMILES string of the molecule is CCNC(=O)c1ccc(NCC(=O)Nc2ccc(Cl)cc2)cc1. The number of carbonyl (C=O) groups is 2. The Kier molecular flexibility index (Phi) is 6.00. The summed E-state index contributed by atoms with van der Waals surface area (Å²) in [6.45, 7) is 2.58. The van der Waals surface area contributed by atoms with Crippen LogP contribution >= 0.6 is 11.6 Å². The van der Waals surface area contributed by atoms with E-state index < -0.39 is 0 Å². The number of nitrogens with one attached hydrogen (secondary N) is 3.